The third kappa shape index (κ3) is 5.12. The lowest BCUT2D eigenvalue weighted by molar-refractivity contribution is 0.363. The molecule has 0 fully saturated rings. The first kappa shape index (κ1) is 13.2. The average Bonchev–Trinajstić information content (AvgIpc) is 2.36. The van der Waals surface area contributed by atoms with Gasteiger partial charge in [-0.3, -0.25) is 5.43 Å². The van der Waals surface area contributed by atoms with E-state index in [1.165, 1.54) is 0 Å². The minimum Gasteiger partial charge on any atom is -0.490 e. The van der Waals surface area contributed by atoms with Gasteiger partial charge in [0.1, 0.15) is 12.4 Å². The summed E-state index contributed by atoms with van der Waals surface area (Å²) >= 11 is 4.88. The molecule has 5 heteroatoms. The van der Waals surface area contributed by atoms with Crippen molar-refractivity contribution < 1.29 is 4.74 Å². The summed E-state index contributed by atoms with van der Waals surface area (Å²) in [5, 5.41) is 7.21. The number of thiocarbonyl (C=S) groups is 1. The van der Waals surface area contributed by atoms with Crippen LogP contribution in [0.25, 0.3) is 0 Å². The first-order valence-electron chi connectivity index (χ1n) is 5.11. The fourth-order valence-electron chi connectivity index (χ4n) is 1.06. The topological polar surface area (TPSA) is 45.6 Å². The van der Waals surface area contributed by atoms with Crippen molar-refractivity contribution in [2.45, 2.75) is 0 Å². The van der Waals surface area contributed by atoms with Crippen molar-refractivity contribution in [1.29, 1.82) is 0 Å². The van der Waals surface area contributed by atoms with E-state index in [9.17, 15) is 0 Å². The summed E-state index contributed by atoms with van der Waals surface area (Å²) in [6.07, 6.45) is 3.37. The van der Waals surface area contributed by atoms with Crippen LogP contribution in [0.3, 0.4) is 0 Å². The van der Waals surface area contributed by atoms with Crippen LogP contribution in [0.5, 0.6) is 5.75 Å². The number of nitrogens with one attached hydrogen (secondary N) is 2. The second kappa shape index (κ2) is 7.40. The van der Waals surface area contributed by atoms with E-state index in [2.05, 4.69) is 22.4 Å². The van der Waals surface area contributed by atoms with Crippen molar-refractivity contribution in [3.8, 4) is 5.75 Å². The molecule has 1 aromatic carbocycles. The summed E-state index contributed by atoms with van der Waals surface area (Å²) in [7, 11) is 1.73. The third-order valence-corrected chi connectivity index (χ3v) is 2.13. The lowest BCUT2D eigenvalue weighted by atomic mass is 10.2. The summed E-state index contributed by atoms with van der Waals surface area (Å²) in [5.41, 5.74) is 3.60. The maximum Gasteiger partial charge on any atom is 0.186 e. The van der Waals surface area contributed by atoms with Gasteiger partial charge in [0.2, 0.25) is 0 Å². The van der Waals surface area contributed by atoms with Gasteiger partial charge in [-0.15, -0.1) is 0 Å². The highest BCUT2D eigenvalue weighted by Gasteiger charge is 1.93. The standard InChI is InChI=1S/C12H15N3OS/c1-3-7-16-11-6-4-5-10(8-11)9-14-15-12(17)13-2/h3-6,8-9H,1,7H2,2H3,(H2,13,15,17)/b14-9-. The fraction of sp³-hybridized carbons (Fsp3) is 0.167. The molecule has 4 nitrogen and oxygen atoms in total. The van der Waals surface area contributed by atoms with Crippen molar-refractivity contribution in [3.63, 3.8) is 0 Å². The van der Waals surface area contributed by atoms with Crippen LogP contribution >= 0.6 is 12.2 Å². The van der Waals surface area contributed by atoms with Crippen LogP contribution in [0.15, 0.2) is 42.0 Å². The smallest absolute Gasteiger partial charge is 0.186 e. The van der Waals surface area contributed by atoms with Crippen molar-refractivity contribution in [1.82, 2.24) is 10.7 Å². The Kier molecular flexibility index (Phi) is 5.74. The van der Waals surface area contributed by atoms with Gasteiger partial charge in [0.05, 0.1) is 6.21 Å². The molecule has 0 aliphatic rings. The molecule has 1 rings (SSSR count). The van der Waals surface area contributed by atoms with E-state index in [1.807, 2.05) is 24.3 Å². The van der Waals surface area contributed by atoms with Gasteiger partial charge in [0.15, 0.2) is 5.11 Å². The molecule has 0 amide bonds. The molecule has 90 valence electrons. The molecule has 0 heterocycles. The van der Waals surface area contributed by atoms with Gasteiger partial charge in [-0.25, -0.2) is 0 Å². The Labute approximate surface area is 106 Å². The van der Waals surface area contributed by atoms with E-state index in [1.54, 1.807) is 19.3 Å². The zero-order valence-corrected chi connectivity index (χ0v) is 10.5. The Morgan fingerprint density at radius 1 is 1.59 bits per heavy atom. The van der Waals surface area contributed by atoms with Gasteiger partial charge in [-0.05, 0) is 29.9 Å². The summed E-state index contributed by atoms with van der Waals surface area (Å²) in [6, 6.07) is 7.59. The molecule has 0 radical (unpaired) electrons. The second-order valence-corrected chi connectivity index (χ2v) is 3.53. The van der Waals surface area contributed by atoms with Crippen molar-refractivity contribution in [2.75, 3.05) is 13.7 Å². The molecule has 0 unspecified atom stereocenters. The van der Waals surface area contributed by atoms with Crippen molar-refractivity contribution in [2.24, 2.45) is 5.10 Å². The normalized spacial score (nSPS) is 9.94. The molecular weight excluding hydrogens is 234 g/mol. The van der Waals surface area contributed by atoms with E-state index in [0.717, 1.165) is 11.3 Å². The lowest BCUT2D eigenvalue weighted by Crippen LogP contribution is -2.28. The molecule has 2 N–H and O–H groups in total. The Hall–Kier alpha value is -1.88. The molecule has 0 saturated carbocycles. The van der Waals surface area contributed by atoms with Crippen LogP contribution in [0.2, 0.25) is 0 Å². The second-order valence-electron chi connectivity index (χ2n) is 3.12. The highest BCUT2D eigenvalue weighted by atomic mass is 32.1. The summed E-state index contributed by atoms with van der Waals surface area (Å²) in [5.74, 6) is 0.782. The number of ether oxygens (including phenoxy) is 1. The highest BCUT2D eigenvalue weighted by Crippen LogP contribution is 2.11. The van der Waals surface area contributed by atoms with E-state index < -0.39 is 0 Å². The van der Waals surface area contributed by atoms with E-state index in [0.29, 0.717) is 11.7 Å². The van der Waals surface area contributed by atoms with Crippen LogP contribution in [-0.2, 0) is 0 Å². The average molecular weight is 249 g/mol. The van der Waals surface area contributed by atoms with Gasteiger partial charge in [0, 0.05) is 7.05 Å². The molecule has 0 spiro atoms. The van der Waals surface area contributed by atoms with E-state index in [-0.39, 0.29) is 0 Å². The molecule has 17 heavy (non-hydrogen) atoms. The lowest BCUT2D eigenvalue weighted by Gasteiger charge is -2.03. The quantitative estimate of drug-likeness (QED) is 0.361. The maximum absolute atomic E-state index is 5.41. The molecule has 0 atom stereocenters. The molecule has 0 saturated heterocycles. The Bertz CT molecular complexity index is 418. The predicted octanol–water partition coefficient (Wildman–Crippen LogP) is 1.68. The molecular formula is C12H15N3OS. The summed E-state index contributed by atoms with van der Waals surface area (Å²) in [4.78, 5) is 0. The van der Waals surface area contributed by atoms with Crippen LogP contribution in [0, 0.1) is 0 Å². The molecule has 0 aliphatic carbocycles. The Morgan fingerprint density at radius 2 is 2.41 bits per heavy atom. The molecule has 0 aromatic heterocycles. The van der Waals surface area contributed by atoms with Gasteiger partial charge in [0.25, 0.3) is 0 Å². The Balaban J connectivity index is 2.58. The zero-order chi connectivity index (χ0) is 12.5. The maximum atomic E-state index is 5.41. The largest absolute Gasteiger partial charge is 0.490 e. The highest BCUT2D eigenvalue weighted by molar-refractivity contribution is 7.80. The number of hydrogen-bond acceptors (Lipinski definition) is 3. The fourth-order valence-corrected chi connectivity index (χ4v) is 1.11. The minimum absolute atomic E-state index is 0.473. The molecule has 0 bridgehead atoms. The van der Waals surface area contributed by atoms with E-state index in [4.69, 9.17) is 17.0 Å². The molecule has 1 aromatic rings. The first-order valence-corrected chi connectivity index (χ1v) is 5.51. The molecule has 0 aliphatic heterocycles. The SMILES string of the molecule is C=CCOc1cccc(/C=N\NC(=S)NC)c1. The van der Waals surface area contributed by atoms with Crippen molar-refractivity contribution in [3.05, 3.63) is 42.5 Å². The summed E-state index contributed by atoms with van der Waals surface area (Å²) < 4.78 is 5.41. The minimum atomic E-state index is 0.473. The van der Waals surface area contributed by atoms with Crippen molar-refractivity contribution >= 4 is 23.5 Å². The zero-order valence-electron chi connectivity index (χ0n) is 9.64. The van der Waals surface area contributed by atoms with Crippen LogP contribution in [0.4, 0.5) is 0 Å². The Morgan fingerprint density at radius 3 is 3.12 bits per heavy atom. The number of hydrogen-bond donors (Lipinski definition) is 2. The number of benzene rings is 1. The van der Waals surface area contributed by atoms with Crippen LogP contribution in [0.1, 0.15) is 5.56 Å². The first-order chi connectivity index (χ1) is 8.26. The number of nitrogens with zero attached hydrogens (tertiary/aromatic N) is 1. The van der Waals surface area contributed by atoms with Gasteiger partial charge < -0.3 is 10.1 Å². The predicted molar refractivity (Wildman–Crippen MR) is 74.5 cm³/mol. The van der Waals surface area contributed by atoms with Crippen LogP contribution in [-0.4, -0.2) is 25.0 Å². The van der Waals surface area contributed by atoms with Gasteiger partial charge in [-0.1, -0.05) is 24.8 Å². The van der Waals surface area contributed by atoms with Gasteiger partial charge in [-0.2, -0.15) is 5.10 Å². The van der Waals surface area contributed by atoms with E-state index >= 15 is 0 Å². The number of hydrazone groups is 1. The van der Waals surface area contributed by atoms with Crippen LogP contribution < -0.4 is 15.5 Å². The third-order valence-electron chi connectivity index (χ3n) is 1.83. The monoisotopic (exact) mass is 249 g/mol. The van der Waals surface area contributed by atoms with Gasteiger partial charge >= 0.3 is 0 Å². The summed E-state index contributed by atoms with van der Waals surface area (Å²) in [6.45, 7) is 4.08. The number of rotatable bonds is 5.